The molecule has 28 heavy (non-hydrogen) atoms. The molecule has 1 atom stereocenters. The number of hydrogen-bond donors (Lipinski definition) is 1. The summed E-state index contributed by atoms with van der Waals surface area (Å²) >= 11 is 10.3. The summed E-state index contributed by atoms with van der Waals surface area (Å²) in [6.45, 7) is 2.25. The molecule has 0 aliphatic carbocycles. The number of carbonyl (C=O) groups is 1. The van der Waals surface area contributed by atoms with E-state index in [0.29, 0.717) is 22.7 Å². The third kappa shape index (κ3) is 7.63. The number of unbranched alkanes of at least 4 members (excludes halogenated alkanes) is 9. The molecule has 1 unspecified atom stereocenters. The van der Waals surface area contributed by atoms with Crippen LogP contribution in [0.4, 0.5) is 0 Å². The number of nitrogens with zero attached hydrogens (tertiary/aromatic N) is 1. The number of benzene rings is 1. The van der Waals surface area contributed by atoms with Crippen molar-refractivity contribution in [1.82, 2.24) is 4.98 Å². The minimum atomic E-state index is -0.552. The monoisotopic (exact) mass is 421 g/mol. The maximum atomic E-state index is 11.9. The zero-order valence-corrected chi connectivity index (χ0v) is 18.5. The van der Waals surface area contributed by atoms with Crippen LogP contribution in [0.1, 0.15) is 77.6 Å². The van der Waals surface area contributed by atoms with E-state index in [9.17, 15) is 4.79 Å². The number of hydrogen-bond acceptors (Lipinski definition) is 3. The Balaban J connectivity index is 1.76. The van der Waals surface area contributed by atoms with E-state index in [2.05, 4.69) is 24.5 Å². The first-order valence-electron chi connectivity index (χ1n) is 10.6. The first-order valence-corrected chi connectivity index (χ1v) is 11.4. The Morgan fingerprint density at radius 1 is 1.04 bits per heavy atom. The summed E-state index contributed by atoms with van der Waals surface area (Å²) in [5, 5.41) is 1.21. The highest BCUT2D eigenvalue weighted by atomic mass is 35.5. The van der Waals surface area contributed by atoms with Gasteiger partial charge < -0.3 is 4.74 Å². The Hall–Kier alpha value is -1.26. The summed E-state index contributed by atoms with van der Waals surface area (Å²) in [5.41, 5.74) is 0.678. The van der Waals surface area contributed by atoms with Gasteiger partial charge in [-0.05, 0) is 37.1 Å². The lowest BCUT2D eigenvalue weighted by Gasteiger charge is -2.17. The number of carbonyl (C=O) groups excluding carboxylic acids is 1. The van der Waals surface area contributed by atoms with Gasteiger partial charge in [-0.25, -0.2) is 0 Å². The Morgan fingerprint density at radius 3 is 2.32 bits per heavy atom. The predicted octanol–water partition coefficient (Wildman–Crippen LogP) is 7.40. The molecule has 0 saturated heterocycles. The lowest BCUT2D eigenvalue weighted by Crippen LogP contribution is -2.23. The second-order valence-electron chi connectivity index (χ2n) is 7.36. The highest BCUT2D eigenvalue weighted by Gasteiger charge is 2.19. The van der Waals surface area contributed by atoms with Crippen molar-refractivity contribution in [1.29, 1.82) is 0 Å². The van der Waals surface area contributed by atoms with E-state index < -0.39 is 6.10 Å². The van der Waals surface area contributed by atoms with Gasteiger partial charge in [0, 0.05) is 11.6 Å². The Kier molecular flexibility index (Phi) is 10.7. The molecule has 0 bridgehead atoms. The number of rotatable bonds is 14. The van der Waals surface area contributed by atoms with Gasteiger partial charge in [0.05, 0.1) is 5.02 Å². The summed E-state index contributed by atoms with van der Waals surface area (Å²) in [5.74, 6) is 0.583. The van der Waals surface area contributed by atoms with Crippen molar-refractivity contribution in [3.8, 4) is 5.75 Å². The minimum Gasteiger partial charge on any atom is -0.479 e. The maximum absolute atomic E-state index is 11.9. The van der Waals surface area contributed by atoms with Crippen LogP contribution in [0.2, 0.25) is 5.02 Å². The molecule has 0 radical (unpaired) electrons. The van der Waals surface area contributed by atoms with Gasteiger partial charge in [0.15, 0.2) is 6.10 Å². The van der Waals surface area contributed by atoms with E-state index in [1.807, 2.05) is 12.1 Å². The van der Waals surface area contributed by atoms with Gasteiger partial charge in [0.2, 0.25) is 5.12 Å². The largest absolute Gasteiger partial charge is 0.479 e. The average molecular weight is 422 g/mol. The quantitative estimate of drug-likeness (QED) is 0.255. The molecule has 1 aromatic heterocycles. The van der Waals surface area contributed by atoms with Gasteiger partial charge in [-0.15, -0.1) is 12.6 Å². The highest BCUT2D eigenvalue weighted by molar-refractivity contribution is 7.96. The first kappa shape index (κ1) is 23.0. The molecular weight excluding hydrogens is 390 g/mol. The van der Waals surface area contributed by atoms with Crippen LogP contribution in [-0.4, -0.2) is 16.2 Å². The Morgan fingerprint density at radius 2 is 1.68 bits per heavy atom. The summed E-state index contributed by atoms with van der Waals surface area (Å²) in [6.07, 6.45) is 14.5. The van der Waals surface area contributed by atoms with E-state index in [1.165, 1.54) is 51.4 Å². The normalized spacial score (nSPS) is 12.2. The SMILES string of the molecule is CCCCCCCCCCCCC(Oc1ccc(Cl)c2cccnc12)C(=O)S. The number of ether oxygens (including phenoxy) is 1. The summed E-state index contributed by atoms with van der Waals surface area (Å²) in [7, 11) is 0. The molecule has 154 valence electrons. The van der Waals surface area contributed by atoms with Crippen LogP contribution in [0.25, 0.3) is 10.9 Å². The van der Waals surface area contributed by atoms with Crippen LogP contribution >= 0.6 is 24.2 Å². The third-order valence-electron chi connectivity index (χ3n) is 5.04. The number of fused-ring (bicyclic) bond motifs is 1. The van der Waals surface area contributed by atoms with Gasteiger partial charge in [-0.2, -0.15) is 0 Å². The van der Waals surface area contributed by atoms with E-state index in [0.717, 1.165) is 18.2 Å². The molecule has 0 aliphatic rings. The summed E-state index contributed by atoms with van der Waals surface area (Å²) < 4.78 is 5.98. The van der Waals surface area contributed by atoms with Crippen molar-refractivity contribution < 1.29 is 9.53 Å². The second kappa shape index (κ2) is 13.1. The standard InChI is InChI=1S/C23H32ClNO2S/c1-2-3-4-5-6-7-8-9-10-11-14-21(23(26)28)27-20-16-15-19(24)18-13-12-17-25-22(18)20/h12-13,15-17,21H,2-11,14H2,1H3,(H,26,28). The predicted molar refractivity (Wildman–Crippen MR) is 122 cm³/mol. The molecule has 0 N–H and O–H groups in total. The number of pyridine rings is 1. The van der Waals surface area contributed by atoms with Crippen LogP contribution in [0.3, 0.4) is 0 Å². The zero-order chi connectivity index (χ0) is 20.2. The lowest BCUT2D eigenvalue weighted by atomic mass is 10.0. The van der Waals surface area contributed by atoms with Crippen molar-refractivity contribution in [2.45, 2.75) is 83.7 Å². The van der Waals surface area contributed by atoms with Gasteiger partial charge in [0.1, 0.15) is 11.3 Å². The maximum Gasteiger partial charge on any atom is 0.226 e. The van der Waals surface area contributed by atoms with Gasteiger partial charge >= 0.3 is 0 Å². The van der Waals surface area contributed by atoms with Gasteiger partial charge in [-0.3, -0.25) is 9.78 Å². The molecule has 2 aromatic rings. The Bertz CT molecular complexity index is 738. The molecular formula is C23H32ClNO2S. The number of thiol groups is 1. The fourth-order valence-electron chi connectivity index (χ4n) is 3.41. The smallest absolute Gasteiger partial charge is 0.226 e. The summed E-state index contributed by atoms with van der Waals surface area (Å²) in [4.78, 5) is 16.3. The molecule has 0 aliphatic heterocycles. The van der Waals surface area contributed by atoms with E-state index in [-0.39, 0.29) is 5.12 Å². The highest BCUT2D eigenvalue weighted by Crippen LogP contribution is 2.31. The fraction of sp³-hybridized carbons (Fsp3) is 0.565. The van der Waals surface area contributed by atoms with E-state index in [1.54, 1.807) is 18.3 Å². The van der Waals surface area contributed by atoms with Crippen LogP contribution < -0.4 is 4.74 Å². The van der Waals surface area contributed by atoms with E-state index in [4.69, 9.17) is 16.3 Å². The van der Waals surface area contributed by atoms with Crippen molar-refractivity contribution in [3.63, 3.8) is 0 Å². The van der Waals surface area contributed by atoms with Gasteiger partial charge in [0.25, 0.3) is 0 Å². The molecule has 1 heterocycles. The first-order chi connectivity index (χ1) is 13.6. The van der Waals surface area contributed by atoms with Crippen LogP contribution in [0.5, 0.6) is 5.75 Å². The summed E-state index contributed by atoms with van der Waals surface area (Å²) in [6, 6.07) is 7.29. The second-order valence-corrected chi connectivity index (χ2v) is 8.21. The van der Waals surface area contributed by atoms with E-state index >= 15 is 0 Å². The van der Waals surface area contributed by atoms with Crippen molar-refractivity contribution in [2.75, 3.05) is 0 Å². The third-order valence-corrected chi connectivity index (χ3v) is 5.66. The molecule has 1 aromatic carbocycles. The molecule has 0 saturated carbocycles. The molecule has 2 rings (SSSR count). The fourth-order valence-corrected chi connectivity index (χ4v) is 3.81. The van der Waals surface area contributed by atoms with Crippen molar-refractivity contribution >= 4 is 40.2 Å². The van der Waals surface area contributed by atoms with Crippen LogP contribution in [0.15, 0.2) is 30.5 Å². The minimum absolute atomic E-state index is 0.241. The lowest BCUT2D eigenvalue weighted by molar-refractivity contribution is -0.117. The zero-order valence-electron chi connectivity index (χ0n) is 16.8. The van der Waals surface area contributed by atoms with Gasteiger partial charge in [-0.1, -0.05) is 76.3 Å². The van der Waals surface area contributed by atoms with Crippen LogP contribution in [0, 0.1) is 0 Å². The van der Waals surface area contributed by atoms with Crippen LogP contribution in [-0.2, 0) is 4.79 Å². The molecule has 0 amide bonds. The molecule has 0 fully saturated rings. The number of halogens is 1. The number of aromatic nitrogens is 1. The van der Waals surface area contributed by atoms with Crippen molar-refractivity contribution in [3.05, 3.63) is 35.5 Å². The molecule has 3 nitrogen and oxygen atoms in total. The molecule has 0 spiro atoms. The molecule has 5 heteroatoms. The van der Waals surface area contributed by atoms with Crippen molar-refractivity contribution in [2.24, 2.45) is 0 Å². The average Bonchev–Trinajstić information content (AvgIpc) is 2.70. The topological polar surface area (TPSA) is 39.2 Å². The Labute approximate surface area is 179 Å².